The standard InChI is InChI=1S/C12H8Cl2O5/c1-2-3-6(13)9(16)5-4(8(3)15)11(18)12(19)7(14)10(5)17/h15-17H,2H2,1H3. The van der Waals surface area contributed by atoms with Gasteiger partial charge in [-0.1, -0.05) is 30.1 Å². The molecule has 0 aliphatic heterocycles. The number of aliphatic hydroxyl groups is 1. The van der Waals surface area contributed by atoms with E-state index < -0.39 is 45.0 Å². The van der Waals surface area contributed by atoms with Crippen molar-refractivity contribution in [3.8, 4) is 11.5 Å². The molecule has 0 bridgehead atoms. The van der Waals surface area contributed by atoms with Crippen molar-refractivity contribution < 1.29 is 24.9 Å². The molecule has 0 amide bonds. The molecule has 1 aliphatic rings. The third-order valence-electron chi connectivity index (χ3n) is 2.91. The highest BCUT2D eigenvalue weighted by atomic mass is 35.5. The maximum Gasteiger partial charge on any atom is 0.248 e. The van der Waals surface area contributed by atoms with Crippen molar-refractivity contribution in [3.05, 3.63) is 26.7 Å². The number of allylic oxidation sites excluding steroid dienone is 1. The van der Waals surface area contributed by atoms with Crippen LogP contribution in [-0.4, -0.2) is 26.9 Å². The number of hydrogen-bond acceptors (Lipinski definition) is 5. The van der Waals surface area contributed by atoms with Gasteiger partial charge in [-0.3, -0.25) is 9.59 Å². The summed E-state index contributed by atoms with van der Waals surface area (Å²) in [5.41, 5.74) is -0.787. The number of halogens is 2. The SMILES string of the molecule is CCc1c(O)c2c(c(O)c1Cl)C(O)=C(Cl)C(=O)C2=O. The van der Waals surface area contributed by atoms with Gasteiger partial charge in [0, 0.05) is 5.56 Å². The van der Waals surface area contributed by atoms with Crippen LogP contribution in [0, 0.1) is 0 Å². The van der Waals surface area contributed by atoms with Crippen LogP contribution >= 0.6 is 23.2 Å². The van der Waals surface area contributed by atoms with Gasteiger partial charge in [-0.15, -0.1) is 0 Å². The first-order valence-corrected chi connectivity index (χ1v) is 6.02. The van der Waals surface area contributed by atoms with Crippen molar-refractivity contribution in [1.29, 1.82) is 0 Å². The third-order valence-corrected chi connectivity index (χ3v) is 3.67. The monoisotopic (exact) mass is 302 g/mol. The van der Waals surface area contributed by atoms with Gasteiger partial charge in [0.1, 0.15) is 22.3 Å². The predicted molar refractivity (Wildman–Crippen MR) is 68.9 cm³/mol. The molecule has 1 aromatic carbocycles. The van der Waals surface area contributed by atoms with Crippen molar-refractivity contribution in [2.75, 3.05) is 0 Å². The van der Waals surface area contributed by atoms with Crippen LogP contribution in [0.3, 0.4) is 0 Å². The van der Waals surface area contributed by atoms with Gasteiger partial charge >= 0.3 is 0 Å². The largest absolute Gasteiger partial charge is 0.507 e. The zero-order chi connectivity index (χ0) is 14.5. The molecule has 0 saturated carbocycles. The lowest BCUT2D eigenvalue weighted by Crippen LogP contribution is -2.22. The van der Waals surface area contributed by atoms with E-state index in [4.69, 9.17) is 23.2 Å². The second-order valence-corrected chi connectivity index (χ2v) is 4.67. The number of rotatable bonds is 1. The molecule has 0 spiro atoms. The van der Waals surface area contributed by atoms with E-state index in [-0.39, 0.29) is 17.0 Å². The fourth-order valence-electron chi connectivity index (χ4n) is 1.95. The Morgan fingerprint density at radius 2 is 1.53 bits per heavy atom. The molecular weight excluding hydrogens is 295 g/mol. The van der Waals surface area contributed by atoms with Gasteiger partial charge in [-0.2, -0.15) is 0 Å². The van der Waals surface area contributed by atoms with Gasteiger partial charge in [-0.25, -0.2) is 0 Å². The van der Waals surface area contributed by atoms with E-state index in [1.165, 1.54) is 0 Å². The topological polar surface area (TPSA) is 94.8 Å². The second kappa shape index (κ2) is 4.43. The second-order valence-electron chi connectivity index (χ2n) is 3.91. The van der Waals surface area contributed by atoms with Gasteiger partial charge in [0.05, 0.1) is 16.1 Å². The minimum Gasteiger partial charge on any atom is -0.507 e. The zero-order valence-electron chi connectivity index (χ0n) is 9.62. The van der Waals surface area contributed by atoms with Crippen LogP contribution in [0.15, 0.2) is 5.03 Å². The molecule has 0 radical (unpaired) electrons. The van der Waals surface area contributed by atoms with Crippen LogP contribution in [0.2, 0.25) is 5.02 Å². The summed E-state index contributed by atoms with van der Waals surface area (Å²) in [6.07, 6.45) is 0.227. The number of carbonyl (C=O) groups excluding carboxylic acids is 2. The Balaban J connectivity index is 2.99. The normalized spacial score (nSPS) is 14.9. The summed E-state index contributed by atoms with van der Waals surface area (Å²) in [7, 11) is 0. The summed E-state index contributed by atoms with van der Waals surface area (Å²) in [6.45, 7) is 1.64. The first-order valence-electron chi connectivity index (χ1n) is 5.27. The Labute approximate surface area is 117 Å². The highest BCUT2D eigenvalue weighted by Gasteiger charge is 2.38. The zero-order valence-corrected chi connectivity index (χ0v) is 11.1. The lowest BCUT2D eigenvalue weighted by Gasteiger charge is -2.20. The summed E-state index contributed by atoms with van der Waals surface area (Å²) < 4.78 is 0. The van der Waals surface area contributed by atoms with Crippen molar-refractivity contribution in [2.45, 2.75) is 13.3 Å². The molecule has 19 heavy (non-hydrogen) atoms. The van der Waals surface area contributed by atoms with E-state index in [1.54, 1.807) is 6.92 Å². The number of phenols is 2. The fraction of sp³-hybridized carbons (Fsp3) is 0.167. The number of aliphatic hydroxyl groups excluding tert-OH is 1. The number of ketones is 2. The molecule has 7 heteroatoms. The molecule has 0 unspecified atom stereocenters. The van der Waals surface area contributed by atoms with Crippen LogP contribution in [0.1, 0.15) is 28.4 Å². The molecular formula is C12H8Cl2O5. The molecule has 1 aliphatic carbocycles. The summed E-state index contributed by atoms with van der Waals surface area (Å²) in [5.74, 6) is -4.15. The van der Waals surface area contributed by atoms with Crippen molar-refractivity contribution >= 4 is 40.5 Å². The Hall–Kier alpha value is -1.72. The Morgan fingerprint density at radius 3 is 2.05 bits per heavy atom. The lowest BCUT2D eigenvalue weighted by molar-refractivity contribution is -0.111. The maximum atomic E-state index is 11.8. The molecule has 100 valence electrons. The van der Waals surface area contributed by atoms with Crippen molar-refractivity contribution in [2.24, 2.45) is 0 Å². The van der Waals surface area contributed by atoms with Crippen LogP contribution in [0.25, 0.3) is 5.76 Å². The van der Waals surface area contributed by atoms with Crippen LogP contribution in [-0.2, 0) is 11.2 Å². The molecule has 1 aromatic rings. The number of fused-ring (bicyclic) bond motifs is 1. The van der Waals surface area contributed by atoms with Crippen molar-refractivity contribution in [1.82, 2.24) is 0 Å². The van der Waals surface area contributed by atoms with Gasteiger partial charge in [-0.05, 0) is 6.42 Å². The van der Waals surface area contributed by atoms with Crippen LogP contribution in [0.4, 0.5) is 0 Å². The Bertz CT molecular complexity index is 661. The highest BCUT2D eigenvalue weighted by molar-refractivity contribution is 6.64. The minimum absolute atomic E-state index is 0.116. The molecule has 2 rings (SSSR count). The lowest BCUT2D eigenvalue weighted by atomic mass is 9.89. The minimum atomic E-state index is -1.15. The molecule has 0 aromatic heterocycles. The molecule has 0 fully saturated rings. The van der Waals surface area contributed by atoms with Gasteiger partial charge < -0.3 is 15.3 Å². The summed E-state index contributed by atoms with van der Waals surface area (Å²) >= 11 is 11.4. The number of hydrogen-bond donors (Lipinski definition) is 3. The number of aromatic hydroxyl groups is 2. The smallest absolute Gasteiger partial charge is 0.248 e. The average molecular weight is 303 g/mol. The molecule has 5 nitrogen and oxygen atoms in total. The molecule has 0 heterocycles. The van der Waals surface area contributed by atoms with Gasteiger partial charge in [0.2, 0.25) is 11.6 Å². The summed E-state index contributed by atoms with van der Waals surface area (Å²) in [4.78, 5) is 23.4. The summed E-state index contributed by atoms with van der Waals surface area (Å²) in [5, 5.41) is 28.7. The number of phenolic OH excluding ortho intramolecular Hbond substituents is 2. The third kappa shape index (κ3) is 1.69. The van der Waals surface area contributed by atoms with Crippen LogP contribution in [0.5, 0.6) is 11.5 Å². The summed E-state index contributed by atoms with van der Waals surface area (Å²) in [6, 6.07) is 0. The first-order chi connectivity index (χ1) is 8.82. The van der Waals surface area contributed by atoms with E-state index in [0.717, 1.165) is 0 Å². The number of carbonyl (C=O) groups is 2. The van der Waals surface area contributed by atoms with Crippen LogP contribution < -0.4 is 0 Å². The fourth-order valence-corrected chi connectivity index (χ4v) is 2.45. The van der Waals surface area contributed by atoms with E-state index in [9.17, 15) is 24.9 Å². The van der Waals surface area contributed by atoms with E-state index in [0.29, 0.717) is 0 Å². The number of benzene rings is 1. The van der Waals surface area contributed by atoms with Gasteiger partial charge in [0.15, 0.2) is 0 Å². The number of Topliss-reactive ketones (excluding diaryl/α,β-unsaturated/α-hetero) is 2. The molecule has 0 atom stereocenters. The quantitative estimate of drug-likeness (QED) is 0.547. The first kappa shape index (κ1) is 13.7. The Morgan fingerprint density at radius 1 is 0.947 bits per heavy atom. The van der Waals surface area contributed by atoms with Gasteiger partial charge in [0.25, 0.3) is 0 Å². The Kier molecular flexibility index (Phi) is 3.20. The molecule has 0 saturated heterocycles. The predicted octanol–water partition coefficient (Wildman–Crippen LogP) is 2.54. The van der Waals surface area contributed by atoms with E-state index >= 15 is 0 Å². The average Bonchev–Trinajstić information content (AvgIpc) is 2.38. The highest BCUT2D eigenvalue weighted by Crippen LogP contribution is 2.46. The molecule has 3 N–H and O–H groups in total. The maximum absolute atomic E-state index is 11.8. The van der Waals surface area contributed by atoms with E-state index in [2.05, 4.69) is 0 Å². The van der Waals surface area contributed by atoms with E-state index in [1.807, 2.05) is 0 Å². The van der Waals surface area contributed by atoms with Crippen molar-refractivity contribution in [3.63, 3.8) is 0 Å².